The summed E-state index contributed by atoms with van der Waals surface area (Å²) in [5, 5.41) is 4.12. The molecule has 1 fully saturated rings. The van der Waals surface area contributed by atoms with Crippen LogP contribution in [0.15, 0.2) is 54.2 Å². The van der Waals surface area contributed by atoms with E-state index in [0.717, 1.165) is 29.1 Å². The van der Waals surface area contributed by atoms with E-state index in [1.807, 2.05) is 24.3 Å². The third kappa shape index (κ3) is 2.27. The normalized spacial score (nSPS) is 15.9. The summed E-state index contributed by atoms with van der Waals surface area (Å²) in [4.78, 5) is 8.93. The molecule has 1 aromatic carbocycles. The van der Waals surface area contributed by atoms with Gasteiger partial charge >= 0.3 is 0 Å². The number of hydrogen-bond acceptors (Lipinski definition) is 3. The minimum Gasteiger partial charge on any atom is -0.265 e. The van der Waals surface area contributed by atoms with Crippen LogP contribution in [0, 0.1) is 0 Å². The number of thiazole rings is 1. The first-order chi connectivity index (χ1) is 10.3. The zero-order valence-corrected chi connectivity index (χ0v) is 12.9. The van der Waals surface area contributed by atoms with Gasteiger partial charge in [-0.1, -0.05) is 23.7 Å². The van der Waals surface area contributed by atoms with Crippen LogP contribution in [0.25, 0.3) is 11.3 Å². The highest BCUT2D eigenvalue weighted by Gasteiger charge is 2.48. The largest absolute Gasteiger partial charge is 0.265 e. The van der Waals surface area contributed by atoms with Crippen molar-refractivity contribution in [2.45, 2.75) is 18.3 Å². The standard InChI is InChI=1S/C17H13ClN2S/c18-14-3-1-2-13(10-14)17(6-7-17)16-20-15(11-21-16)12-4-8-19-9-5-12/h1-5,8-11H,6-7H2. The maximum absolute atomic E-state index is 6.14. The second kappa shape index (κ2) is 4.93. The lowest BCUT2D eigenvalue weighted by atomic mass is 9.97. The highest BCUT2D eigenvalue weighted by atomic mass is 35.5. The summed E-state index contributed by atoms with van der Waals surface area (Å²) < 4.78 is 0. The summed E-state index contributed by atoms with van der Waals surface area (Å²) in [5.41, 5.74) is 3.52. The summed E-state index contributed by atoms with van der Waals surface area (Å²) >= 11 is 7.88. The molecule has 0 saturated heterocycles. The van der Waals surface area contributed by atoms with Crippen molar-refractivity contribution in [3.63, 3.8) is 0 Å². The molecule has 4 heteroatoms. The monoisotopic (exact) mass is 312 g/mol. The molecule has 0 atom stereocenters. The first-order valence-electron chi connectivity index (χ1n) is 6.90. The third-order valence-corrected chi connectivity index (χ3v) is 5.30. The van der Waals surface area contributed by atoms with Crippen LogP contribution in [0.2, 0.25) is 5.02 Å². The molecule has 0 spiro atoms. The van der Waals surface area contributed by atoms with Gasteiger partial charge < -0.3 is 0 Å². The lowest BCUT2D eigenvalue weighted by Gasteiger charge is -2.12. The third-order valence-electron chi connectivity index (χ3n) is 4.02. The molecule has 2 heterocycles. The highest BCUT2D eigenvalue weighted by molar-refractivity contribution is 7.10. The van der Waals surface area contributed by atoms with Crippen molar-refractivity contribution in [1.29, 1.82) is 0 Å². The Morgan fingerprint density at radius 3 is 2.62 bits per heavy atom. The Labute approximate surface area is 132 Å². The molecular formula is C17H13ClN2S. The molecule has 2 aromatic heterocycles. The van der Waals surface area contributed by atoms with Crippen molar-refractivity contribution >= 4 is 22.9 Å². The van der Waals surface area contributed by atoms with Gasteiger partial charge in [0.2, 0.25) is 0 Å². The molecule has 0 radical (unpaired) electrons. The molecular weight excluding hydrogens is 300 g/mol. The van der Waals surface area contributed by atoms with E-state index in [4.69, 9.17) is 16.6 Å². The summed E-state index contributed by atoms with van der Waals surface area (Å²) in [5.74, 6) is 0. The molecule has 0 unspecified atom stereocenters. The van der Waals surface area contributed by atoms with E-state index < -0.39 is 0 Å². The average Bonchev–Trinajstić information content (AvgIpc) is 3.19. The smallest absolute Gasteiger partial charge is 0.104 e. The van der Waals surface area contributed by atoms with Crippen molar-refractivity contribution in [3.8, 4) is 11.3 Å². The second-order valence-corrected chi connectivity index (χ2v) is 6.66. The maximum atomic E-state index is 6.14. The molecule has 0 aliphatic heterocycles. The van der Waals surface area contributed by atoms with Gasteiger partial charge in [-0.25, -0.2) is 4.98 Å². The van der Waals surface area contributed by atoms with Crippen LogP contribution in [0.4, 0.5) is 0 Å². The molecule has 1 aliphatic rings. The molecule has 3 aromatic rings. The SMILES string of the molecule is Clc1cccc(C2(c3nc(-c4ccncc4)cs3)CC2)c1. The van der Waals surface area contributed by atoms with Crippen LogP contribution in [0.1, 0.15) is 23.4 Å². The minimum absolute atomic E-state index is 0.0842. The first-order valence-corrected chi connectivity index (χ1v) is 8.16. The molecule has 0 N–H and O–H groups in total. The lowest BCUT2D eigenvalue weighted by molar-refractivity contribution is 0.834. The number of rotatable bonds is 3. The predicted octanol–water partition coefficient (Wildman–Crippen LogP) is 4.94. The van der Waals surface area contributed by atoms with Crippen molar-refractivity contribution in [2.75, 3.05) is 0 Å². The molecule has 21 heavy (non-hydrogen) atoms. The van der Waals surface area contributed by atoms with Crippen LogP contribution >= 0.6 is 22.9 Å². The number of nitrogens with zero attached hydrogens (tertiary/aromatic N) is 2. The van der Waals surface area contributed by atoms with E-state index in [9.17, 15) is 0 Å². The number of pyridine rings is 1. The van der Waals surface area contributed by atoms with Crippen molar-refractivity contribution in [3.05, 3.63) is 69.8 Å². The van der Waals surface area contributed by atoms with Crippen molar-refractivity contribution in [2.24, 2.45) is 0 Å². The topological polar surface area (TPSA) is 25.8 Å². The van der Waals surface area contributed by atoms with E-state index in [1.165, 1.54) is 10.6 Å². The average molecular weight is 313 g/mol. The van der Waals surface area contributed by atoms with Crippen LogP contribution in [0.5, 0.6) is 0 Å². The van der Waals surface area contributed by atoms with E-state index >= 15 is 0 Å². The highest BCUT2D eigenvalue weighted by Crippen LogP contribution is 2.54. The summed E-state index contributed by atoms with van der Waals surface area (Å²) in [6.07, 6.45) is 5.91. The van der Waals surface area contributed by atoms with E-state index in [1.54, 1.807) is 23.7 Å². The predicted molar refractivity (Wildman–Crippen MR) is 86.8 cm³/mol. The maximum Gasteiger partial charge on any atom is 0.104 e. The fourth-order valence-corrected chi connectivity index (χ4v) is 3.99. The Hall–Kier alpha value is -1.71. The second-order valence-electron chi connectivity index (χ2n) is 5.37. The van der Waals surface area contributed by atoms with E-state index in [0.29, 0.717) is 0 Å². The Kier molecular flexibility index (Phi) is 3.05. The minimum atomic E-state index is 0.0842. The van der Waals surface area contributed by atoms with Gasteiger partial charge in [0.15, 0.2) is 0 Å². The molecule has 1 saturated carbocycles. The fourth-order valence-electron chi connectivity index (χ4n) is 2.69. The van der Waals surface area contributed by atoms with E-state index in [2.05, 4.69) is 22.5 Å². The zero-order valence-electron chi connectivity index (χ0n) is 11.3. The Morgan fingerprint density at radius 1 is 1.10 bits per heavy atom. The molecule has 2 nitrogen and oxygen atoms in total. The molecule has 0 bridgehead atoms. The number of benzene rings is 1. The van der Waals surface area contributed by atoms with Gasteiger partial charge in [0.25, 0.3) is 0 Å². The number of hydrogen-bond donors (Lipinski definition) is 0. The molecule has 0 amide bonds. The summed E-state index contributed by atoms with van der Waals surface area (Å²) in [6, 6.07) is 12.2. The first kappa shape index (κ1) is 13.0. The van der Waals surface area contributed by atoms with Crippen LogP contribution in [-0.2, 0) is 5.41 Å². The van der Waals surface area contributed by atoms with E-state index in [-0.39, 0.29) is 5.41 Å². The van der Waals surface area contributed by atoms with Gasteiger partial charge in [-0.05, 0) is 42.7 Å². The number of aromatic nitrogens is 2. The van der Waals surface area contributed by atoms with Crippen LogP contribution in [-0.4, -0.2) is 9.97 Å². The van der Waals surface area contributed by atoms with Crippen molar-refractivity contribution in [1.82, 2.24) is 9.97 Å². The van der Waals surface area contributed by atoms with Gasteiger partial charge in [-0.15, -0.1) is 11.3 Å². The number of halogens is 1. The zero-order chi connectivity index (χ0) is 14.3. The van der Waals surface area contributed by atoms with Gasteiger partial charge in [0, 0.05) is 33.8 Å². The Balaban J connectivity index is 1.73. The fraction of sp³-hybridized carbons (Fsp3) is 0.176. The van der Waals surface area contributed by atoms with Crippen LogP contribution in [0.3, 0.4) is 0 Å². The summed E-state index contributed by atoms with van der Waals surface area (Å²) in [6.45, 7) is 0. The molecule has 1 aliphatic carbocycles. The van der Waals surface area contributed by atoms with Crippen LogP contribution < -0.4 is 0 Å². The van der Waals surface area contributed by atoms with Gasteiger partial charge in [0.05, 0.1) is 5.69 Å². The van der Waals surface area contributed by atoms with Crippen molar-refractivity contribution < 1.29 is 0 Å². The van der Waals surface area contributed by atoms with Gasteiger partial charge in [0.1, 0.15) is 5.01 Å². The lowest BCUT2D eigenvalue weighted by Crippen LogP contribution is -2.08. The summed E-state index contributed by atoms with van der Waals surface area (Å²) in [7, 11) is 0. The van der Waals surface area contributed by atoms with Gasteiger partial charge in [-0.3, -0.25) is 4.98 Å². The Bertz CT molecular complexity index is 778. The Morgan fingerprint density at radius 2 is 1.90 bits per heavy atom. The quantitative estimate of drug-likeness (QED) is 0.684. The van der Waals surface area contributed by atoms with Gasteiger partial charge in [-0.2, -0.15) is 0 Å². The molecule has 4 rings (SSSR count). The molecule has 104 valence electrons.